The van der Waals surface area contributed by atoms with E-state index in [0.717, 1.165) is 52.3 Å². The van der Waals surface area contributed by atoms with Crippen LogP contribution in [0.4, 0.5) is 10.2 Å². The van der Waals surface area contributed by atoms with Crippen molar-refractivity contribution in [3.8, 4) is 11.1 Å². The van der Waals surface area contributed by atoms with Gasteiger partial charge in [-0.25, -0.2) is 9.37 Å². The van der Waals surface area contributed by atoms with Crippen molar-refractivity contribution in [2.45, 2.75) is 46.2 Å². The molecule has 1 fully saturated rings. The van der Waals surface area contributed by atoms with Gasteiger partial charge in [0, 0.05) is 74.9 Å². The number of carbonyl (C=O) groups is 1. The number of hydrogen-bond acceptors (Lipinski definition) is 5. The predicted molar refractivity (Wildman–Crippen MR) is 160 cm³/mol. The molecule has 0 aliphatic carbocycles. The van der Waals surface area contributed by atoms with Gasteiger partial charge in [-0.3, -0.25) is 14.7 Å². The zero-order chi connectivity index (χ0) is 28.5. The second-order valence-corrected chi connectivity index (χ2v) is 10.00. The number of nitrogens with one attached hydrogen (secondary N) is 1. The Morgan fingerprint density at radius 1 is 1.13 bits per heavy atom. The van der Waals surface area contributed by atoms with Crippen molar-refractivity contribution in [2.75, 3.05) is 46.1 Å². The van der Waals surface area contributed by atoms with Crippen LogP contribution in [-0.2, 0) is 0 Å². The molecule has 3 heterocycles. The quantitative estimate of drug-likeness (QED) is 0.380. The summed E-state index contributed by atoms with van der Waals surface area (Å²) in [4.78, 5) is 24.9. The second-order valence-electron chi connectivity index (χ2n) is 10.00. The zero-order valence-electron chi connectivity index (χ0n) is 24.3. The molecule has 2 atom stereocenters. The van der Waals surface area contributed by atoms with Crippen LogP contribution in [-0.4, -0.2) is 72.6 Å². The number of carbonyl (C=O) groups excluding carboxylic acids is 1. The number of halogens is 1. The van der Waals surface area contributed by atoms with Crippen LogP contribution in [0.3, 0.4) is 0 Å². The highest BCUT2D eigenvalue weighted by molar-refractivity contribution is 5.93. The first-order chi connectivity index (χ1) is 18.8. The third-order valence-corrected chi connectivity index (χ3v) is 7.00. The molecular weight excluding hydrogens is 489 g/mol. The summed E-state index contributed by atoms with van der Waals surface area (Å²) in [7, 11) is 5.31. The van der Waals surface area contributed by atoms with E-state index < -0.39 is 6.17 Å². The number of anilines is 1. The van der Waals surface area contributed by atoms with Crippen molar-refractivity contribution < 1.29 is 9.18 Å². The lowest BCUT2D eigenvalue weighted by Gasteiger charge is -2.35. The number of aryl methyl sites for hydroxylation is 1. The van der Waals surface area contributed by atoms with E-state index in [1.165, 1.54) is 0 Å². The van der Waals surface area contributed by atoms with E-state index in [0.29, 0.717) is 18.7 Å². The Kier molecular flexibility index (Phi) is 10.8. The lowest BCUT2D eigenvalue weighted by molar-refractivity contribution is 0.0827. The SMILES string of the molecule is CC.CNc1ccc(-c2ccnc(C)c2/C=C(\C)CN2CCC(c3ccc(C(=O)N(C)C)cc3)C(F)C2)cn1. The van der Waals surface area contributed by atoms with E-state index in [1.807, 2.05) is 64.5 Å². The first-order valence-electron chi connectivity index (χ1n) is 13.7. The fourth-order valence-corrected chi connectivity index (χ4v) is 4.98. The zero-order valence-corrected chi connectivity index (χ0v) is 24.3. The minimum atomic E-state index is -0.954. The molecule has 1 amide bonds. The second kappa shape index (κ2) is 14.0. The van der Waals surface area contributed by atoms with Gasteiger partial charge in [0.1, 0.15) is 12.0 Å². The predicted octanol–water partition coefficient (Wildman–Crippen LogP) is 6.45. The van der Waals surface area contributed by atoms with Crippen molar-refractivity contribution in [2.24, 2.45) is 0 Å². The van der Waals surface area contributed by atoms with Crippen molar-refractivity contribution >= 4 is 17.8 Å². The summed E-state index contributed by atoms with van der Waals surface area (Å²) in [5.41, 5.74) is 6.89. The van der Waals surface area contributed by atoms with Crippen LogP contribution in [0.5, 0.6) is 0 Å². The largest absolute Gasteiger partial charge is 0.373 e. The molecule has 4 rings (SSSR count). The van der Waals surface area contributed by atoms with E-state index >= 15 is 4.39 Å². The molecule has 3 aromatic rings. The number of piperidine rings is 1. The molecule has 2 unspecified atom stereocenters. The Bertz CT molecular complexity index is 1250. The number of benzene rings is 1. The molecule has 39 heavy (non-hydrogen) atoms. The number of rotatable bonds is 7. The van der Waals surface area contributed by atoms with Crippen molar-refractivity contribution in [1.82, 2.24) is 19.8 Å². The van der Waals surface area contributed by atoms with Crippen LogP contribution in [0.1, 0.15) is 60.3 Å². The molecule has 0 radical (unpaired) electrons. The molecule has 0 bridgehead atoms. The number of likely N-dealkylation sites (tertiary alicyclic amines) is 1. The van der Waals surface area contributed by atoms with Gasteiger partial charge in [0.05, 0.1) is 0 Å². The fraction of sp³-hybridized carbons (Fsp3) is 0.406. The average molecular weight is 532 g/mol. The molecule has 1 N–H and O–H groups in total. The van der Waals surface area contributed by atoms with E-state index in [-0.39, 0.29) is 11.8 Å². The Labute approximate surface area is 233 Å². The molecule has 1 aliphatic rings. The van der Waals surface area contributed by atoms with Gasteiger partial charge in [0.15, 0.2) is 0 Å². The Morgan fingerprint density at radius 2 is 1.85 bits per heavy atom. The van der Waals surface area contributed by atoms with E-state index in [9.17, 15) is 4.79 Å². The normalized spacial score (nSPS) is 17.7. The molecule has 6 nitrogen and oxygen atoms in total. The lowest BCUT2D eigenvalue weighted by atomic mass is 9.87. The molecule has 0 spiro atoms. The van der Waals surface area contributed by atoms with Gasteiger partial charge < -0.3 is 10.2 Å². The standard InChI is InChI=1S/C30H36FN5O.C2H6/c1-20(16-27-21(2)33-14-12-25(27)24-10-11-29(32-3)34-17-24)18-36-15-13-26(28(31)19-36)22-6-8-23(9-7-22)30(37)35(4)5;1-2/h6-12,14,16-17,26,28H,13,15,18-19H2,1-5H3,(H,32,34);1-2H3/b20-16+;. The minimum Gasteiger partial charge on any atom is -0.373 e. The van der Waals surface area contributed by atoms with Crippen LogP contribution >= 0.6 is 0 Å². The van der Waals surface area contributed by atoms with Gasteiger partial charge in [-0.1, -0.05) is 37.6 Å². The van der Waals surface area contributed by atoms with E-state index in [4.69, 9.17) is 0 Å². The first kappa shape index (κ1) is 30.0. The van der Waals surface area contributed by atoms with Crippen molar-refractivity contribution in [1.29, 1.82) is 0 Å². The first-order valence-corrected chi connectivity index (χ1v) is 13.7. The van der Waals surface area contributed by atoms with Crippen molar-refractivity contribution in [3.05, 3.63) is 82.8 Å². The summed E-state index contributed by atoms with van der Waals surface area (Å²) in [6.45, 7) is 10.0. The van der Waals surface area contributed by atoms with Gasteiger partial charge in [0.25, 0.3) is 5.91 Å². The maximum Gasteiger partial charge on any atom is 0.253 e. The van der Waals surface area contributed by atoms with Gasteiger partial charge in [-0.15, -0.1) is 0 Å². The fourth-order valence-electron chi connectivity index (χ4n) is 4.98. The Balaban J connectivity index is 0.00000205. The molecular formula is C32H42FN5O. The third kappa shape index (κ3) is 7.51. The van der Waals surface area contributed by atoms with Crippen molar-refractivity contribution in [3.63, 3.8) is 0 Å². The van der Waals surface area contributed by atoms with Gasteiger partial charge in [-0.2, -0.15) is 0 Å². The number of amides is 1. The highest BCUT2D eigenvalue weighted by atomic mass is 19.1. The summed E-state index contributed by atoms with van der Waals surface area (Å²) in [5, 5.41) is 3.05. The number of pyridine rings is 2. The van der Waals surface area contributed by atoms with Crippen LogP contribution in [0.2, 0.25) is 0 Å². The number of hydrogen-bond donors (Lipinski definition) is 1. The van der Waals surface area contributed by atoms with Crippen LogP contribution < -0.4 is 5.32 Å². The minimum absolute atomic E-state index is 0.0429. The Morgan fingerprint density at radius 3 is 2.44 bits per heavy atom. The van der Waals surface area contributed by atoms with Crippen LogP contribution in [0.15, 0.2) is 60.4 Å². The molecule has 2 aromatic heterocycles. The topological polar surface area (TPSA) is 61.4 Å². The molecule has 0 saturated carbocycles. The van der Waals surface area contributed by atoms with Gasteiger partial charge in [0.2, 0.25) is 0 Å². The number of alkyl halides is 1. The summed E-state index contributed by atoms with van der Waals surface area (Å²) < 4.78 is 15.3. The number of aromatic nitrogens is 2. The summed E-state index contributed by atoms with van der Waals surface area (Å²) >= 11 is 0. The van der Waals surface area contributed by atoms with Gasteiger partial charge >= 0.3 is 0 Å². The summed E-state index contributed by atoms with van der Waals surface area (Å²) in [5.74, 6) is 0.632. The smallest absolute Gasteiger partial charge is 0.253 e. The summed E-state index contributed by atoms with van der Waals surface area (Å²) in [6, 6.07) is 13.5. The monoisotopic (exact) mass is 531 g/mol. The molecule has 1 aliphatic heterocycles. The highest BCUT2D eigenvalue weighted by Crippen LogP contribution is 2.32. The molecule has 208 valence electrons. The maximum atomic E-state index is 15.3. The maximum absolute atomic E-state index is 15.3. The van der Waals surface area contributed by atoms with Gasteiger partial charge in [-0.05, 0) is 68.3 Å². The average Bonchev–Trinajstić information content (AvgIpc) is 2.95. The lowest BCUT2D eigenvalue weighted by Crippen LogP contribution is -2.41. The Hall–Kier alpha value is -3.58. The third-order valence-electron chi connectivity index (χ3n) is 7.00. The molecule has 7 heteroatoms. The molecule has 1 saturated heterocycles. The highest BCUT2D eigenvalue weighted by Gasteiger charge is 2.30. The van der Waals surface area contributed by atoms with E-state index in [2.05, 4.69) is 39.3 Å². The van der Waals surface area contributed by atoms with Crippen LogP contribution in [0, 0.1) is 6.92 Å². The van der Waals surface area contributed by atoms with Crippen LogP contribution in [0.25, 0.3) is 17.2 Å². The summed E-state index contributed by atoms with van der Waals surface area (Å²) in [6.07, 6.45) is 5.66. The number of nitrogens with zero attached hydrogens (tertiary/aromatic N) is 4. The van der Waals surface area contributed by atoms with E-state index in [1.54, 1.807) is 31.1 Å². The molecule has 1 aromatic carbocycles.